The molecule has 0 atom stereocenters. The molecule has 7 heteroatoms. The lowest BCUT2D eigenvalue weighted by Gasteiger charge is -1.90. The van der Waals surface area contributed by atoms with Crippen LogP contribution in [-0.2, 0) is 11.3 Å². The van der Waals surface area contributed by atoms with E-state index in [9.17, 15) is 4.79 Å². The van der Waals surface area contributed by atoms with Crippen LogP contribution in [0.2, 0.25) is 0 Å². The molecule has 0 saturated heterocycles. The number of hydrogen-bond donors (Lipinski definition) is 0. The first-order valence-electron chi connectivity index (χ1n) is 3.32. The molecule has 1 heterocycles. The third-order valence-corrected chi connectivity index (χ3v) is 2.17. The Morgan fingerprint density at radius 1 is 1.92 bits per heavy atom. The smallest absolute Gasteiger partial charge is 0.349 e. The molecule has 1 aromatic rings. The fraction of sp³-hybridized carbons (Fsp3) is 0.333. The molecule has 0 spiro atoms. The summed E-state index contributed by atoms with van der Waals surface area (Å²) in [7, 11) is 1.30. The second kappa shape index (κ2) is 4.44. The molecular formula is C6H6N4O2S. The van der Waals surface area contributed by atoms with Gasteiger partial charge in [-0.2, -0.15) is 0 Å². The van der Waals surface area contributed by atoms with E-state index in [0.29, 0.717) is 9.88 Å². The number of aromatic nitrogens is 1. The van der Waals surface area contributed by atoms with Crippen molar-refractivity contribution in [2.24, 2.45) is 5.11 Å². The van der Waals surface area contributed by atoms with E-state index >= 15 is 0 Å². The molecule has 0 N–H and O–H groups in total. The van der Waals surface area contributed by atoms with Crippen LogP contribution in [-0.4, -0.2) is 18.1 Å². The standard InChI is InChI=1S/C6H6N4O2S/c1-12-6(11)4-2-8-5(13-4)3-9-10-7/h2H,3H2,1H3. The maximum atomic E-state index is 10.9. The van der Waals surface area contributed by atoms with Crippen LogP contribution in [0.4, 0.5) is 0 Å². The summed E-state index contributed by atoms with van der Waals surface area (Å²) in [6.07, 6.45) is 1.40. The average molecular weight is 198 g/mol. The number of hydrogen-bond acceptors (Lipinski definition) is 5. The van der Waals surface area contributed by atoms with Crippen LogP contribution in [0.25, 0.3) is 10.4 Å². The molecule has 0 bridgehead atoms. The Kier molecular flexibility index (Phi) is 3.24. The number of ether oxygens (including phenoxy) is 1. The highest BCUT2D eigenvalue weighted by molar-refractivity contribution is 7.13. The van der Waals surface area contributed by atoms with E-state index in [4.69, 9.17) is 5.53 Å². The van der Waals surface area contributed by atoms with Crippen molar-refractivity contribution in [1.82, 2.24) is 4.98 Å². The van der Waals surface area contributed by atoms with Gasteiger partial charge in [-0.3, -0.25) is 0 Å². The van der Waals surface area contributed by atoms with Gasteiger partial charge in [0.05, 0.1) is 24.9 Å². The number of esters is 1. The van der Waals surface area contributed by atoms with Crippen LogP contribution in [0.15, 0.2) is 11.3 Å². The molecule has 0 aromatic carbocycles. The van der Waals surface area contributed by atoms with Gasteiger partial charge >= 0.3 is 5.97 Å². The monoisotopic (exact) mass is 198 g/mol. The third kappa shape index (κ3) is 2.43. The largest absolute Gasteiger partial charge is 0.465 e. The summed E-state index contributed by atoms with van der Waals surface area (Å²) < 4.78 is 4.48. The zero-order valence-electron chi connectivity index (χ0n) is 6.80. The predicted molar refractivity (Wildman–Crippen MR) is 46.3 cm³/mol. The van der Waals surface area contributed by atoms with Gasteiger partial charge in [-0.05, 0) is 5.53 Å². The molecule has 0 aliphatic heterocycles. The quantitative estimate of drug-likeness (QED) is 0.320. The summed E-state index contributed by atoms with van der Waals surface area (Å²) in [4.78, 5) is 17.8. The van der Waals surface area contributed by atoms with Crippen LogP contribution in [0.3, 0.4) is 0 Å². The highest BCUT2D eigenvalue weighted by Gasteiger charge is 2.09. The number of carbonyl (C=O) groups excluding carboxylic acids is 1. The van der Waals surface area contributed by atoms with Crippen LogP contribution < -0.4 is 0 Å². The molecule has 0 fully saturated rings. The van der Waals surface area contributed by atoms with Gasteiger partial charge in [0.15, 0.2) is 0 Å². The Morgan fingerprint density at radius 3 is 3.31 bits per heavy atom. The first-order chi connectivity index (χ1) is 6.27. The van der Waals surface area contributed by atoms with Gasteiger partial charge in [-0.15, -0.1) is 11.3 Å². The lowest BCUT2D eigenvalue weighted by molar-refractivity contribution is 0.0606. The van der Waals surface area contributed by atoms with Gasteiger partial charge in [0.25, 0.3) is 0 Å². The molecule has 0 aliphatic carbocycles. The first-order valence-corrected chi connectivity index (χ1v) is 4.13. The molecule has 0 amide bonds. The molecular weight excluding hydrogens is 192 g/mol. The van der Waals surface area contributed by atoms with Gasteiger partial charge < -0.3 is 4.74 Å². The summed E-state index contributed by atoms with van der Waals surface area (Å²) in [6.45, 7) is 0.165. The second-order valence-corrected chi connectivity index (χ2v) is 3.11. The minimum atomic E-state index is -0.426. The average Bonchev–Trinajstić information content (AvgIpc) is 2.62. The molecule has 0 saturated carbocycles. The molecule has 0 aliphatic rings. The summed E-state index contributed by atoms with van der Waals surface area (Å²) in [5, 5.41) is 3.91. The molecule has 1 aromatic heterocycles. The number of nitrogens with zero attached hydrogens (tertiary/aromatic N) is 4. The van der Waals surface area contributed by atoms with E-state index in [0.717, 1.165) is 11.3 Å². The van der Waals surface area contributed by atoms with Crippen molar-refractivity contribution >= 4 is 17.3 Å². The van der Waals surface area contributed by atoms with E-state index < -0.39 is 5.97 Å². The Morgan fingerprint density at radius 2 is 2.69 bits per heavy atom. The summed E-state index contributed by atoms with van der Waals surface area (Å²) >= 11 is 1.15. The Balaban J connectivity index is 2.74. The first kappa shape index (κ1) is 9.50. The number of carbonyl (C=O) groups is 1. The minimum absolute atomic E-state index is 0.165. The van der Waals surface area contributed by atoms with Crippen molar-refractivity contribution in [2.45, 2.75) is 6.54 Å². The summed E-state index contributed by atoms with van der Waals surface area (Å²) in [5.74, 6) is -0.426. The van der Waals surface area contributed by atoms with E-state index in [1.54, 1.807) is 0 Å². The number of azide groups is 1. The normalized spacial score (nSPS) is 9.00. The molecule has 1 rings (SSSR count). The van der Waals surface area contributed by atoms with Gasteiger partial charge in [-0.1, -0.05) is 5.11 Å². The van der Waals surface area contributed by atoms with Crippen LogP contribution in [0.5, 0.6) is 0 Å². The fourth-order valence-corrected chi connectivity index (χ4v) is 1.42. The Bertz CT molecular complexity index is 355. The van der Waals surface area contributed by atoms with Crippen molar-refractivity contribution in [1.29, 1.82) is 0 Å². The van der Waals surface area contributed by atoms with Crippen molar-refractivity contribution in [3.05, 3.63) is 26.5 Å². The van der Waals surface area contributed by atoms with Gasteiger partial charge in [-0.25, -0.2) is 9.78 Å². The van der Waals surface area contributed by atoms with Crippen molar-refractivity contribution in [3.63, 3.8) is 0 Å². The van der Waals surface area contributed by atoms with Gasteiger partial charge in [0.1, 0.15) is 4.88 Å². The predicted octanol–water partition coefficient (Wildman–Crippen LogP) is 1.74. The number of rotatable bonds is 3. The minimum Gasteiger partial charge on any atom is -0.465 e. The third-order valence-electron chi connectivity index (χ3n) is 1.21. The highest BCUT2D eigenvalue weighted by Crippen LogP contribution is 2.14. The number of thiazole rings is 1. The lowest BCUT2D eigenvalue weighted by Crippen LogP contribution is -1.96. The molecule has 0 radical (unpaired) electrons. The fourth-order valence-electron chi connectivity index (χ4n) is 0.670. The number of methoxy groups -OCH3 is 1. The zero-order valence-corrected chi connectivity index (χ0v) is 7.61. The Labute approximate surface area is 77.8 Å². The van der Waals surface area contributed by atoms with E-state index in [-0.39, 0.29) is 6.54 Å². The molecule has 0 unspecified atom stereocenters. The summed E-state index contributed by atoms with van der Waals surface area (Å²) in [6, 6.07) is 0. The van der Waals surface area contributed by atoms with Gasteiger partial charge in [0.2, 0.25) is 0 Å². The lowest BCUT2D eigenvalue weighted by atomic mass is 10.6. The zero-order chi connectivity index (χ0) is 9.68. The van der Waals surface area contributed by atoms with E-state index in [2.05, 4.69) is 19.7 Å². The molecule has 13 heavy (non-hydrogen) atoms. The van der Waals surface area contributed by atoms with Crippen LogP contribution in [0, 0.1) is 0 Å². The second-order valence-electron chi connectivity index (χ2n) is 2.00. The summed E-state index contributed by atoms with van der Waals surface area (Å²) in [5.41, 5.74) is 8.03. The van der Waals surface area contributed by atoms with Crippen LogP contribution in [0.1, 0.15) is 14.7 Å². The molecule has 6 nitrogen and oxygen atoms in total. The van der Waals surface area contributed by atoms with Crippen molar-refractivity contribution in [2.75, 3.05) is 7.11 Å². The highest BCUT2D eigenvalue weighted by atomic mass is 32.1. The molecule has 68 valence electrons. The van der Waals surface area contributed by atoms with Crippen LogP contribution >= 0.6 is 11.3 Å². The van der Waals surface area contributed by atoms with Gasteiger partial charge in [0, 0.05) is 4.91 Å². The van der Waals surface area contributed by atoms with E-state index in [1.165, 1.54) is 13.3 Å². The van der Waals surface area contributed by atoms with Crippen molar-refractivity contribution < 1.29 is 9.53 Å². The topological polar surface area (TPSA) is 88.0 Å². The van der Waals surface area contributed by atoms with E-state index in [1.807, 2.05) is 0 Å². The van der Waals surface area contributed by atoms with Crippen molar-refractivity contribution in [3.8, 4) is 0 Å². The SMILES string of the molecule is COC(=O)c1cnc(CN=[N+]=[N-])s1. The maximum absolute atomic E-state index is 10.9. The Hall–Kier alpha value is -1.59. The maximum Gasteiger partial charge on any atom is 0.349 e.